The van der Waals surface area contributed by atoms with Gasteiger partial charge in [0.25, 0.3) is 21.6 Å². The second-order valence-corrected chi connectivity index (χ2v) is 9.24. The van der Waals surface area contributed by atoms with Crippen LogP contribution in [0.25, 0.3) is 0 Å². The molecule has 0 spiro atoms. The molecule has 35 heavy (non-hydrogen) atoms. The predicted octanol–water partition coefficient (Wildman–Crippen LogP) is 4.67. The summed E-state index contributed by atoms with van der Waals surface area (Å²) in [5.74, 6) is -0.449. The number of sulfonamides is 1. The average Bonchev–Trinajstić information content (AvgIpc) is 2.81. The molecule has 0 fully saturated rings. The Hall–Kier alpha value is -4.12. The maximum Gasteiger partial charge on any atom is 0.286 e. The number of amides is 1. The Morgan fingerprint density at radius 3 is 2.20 bits per heavy atom. The number of nitrogens with zero attached hydrogens (tertiary/aromatic N) is 1. The first-order chi connectivity index (χ1) is 16.6. The van der Waals surface area contributed by atoms with Gasteiger partial charge in [0, 0.05) is 11.8 Å². The number of methoxy groups -OCH3 is 1. The Labute approximate surface area is 203 Å². The van der Waals surface area contributed by atoms with E-state index in [4.69, 9.17) is 9.47 Å². The third-order valence-electron chi connectivity index (χ3n) is 5.16. The first-order valence-corrected chi connectivity index (χ1v) is 12.0. The zero-order valence-corrected chi connectivity index (χ0v) is 20.4. The van der Waals surface area contributed by atoms with Gasteiger partial charge in [-0.1, -0.05) is 18.2 Å². The number of aryl methyl sites for hydroxylation is 2. The number of hydrogen-bond donors (Lipinski definition) is 2. The molecule has 0 atom stereocenters. The minimum Gasteiger partial charge on any atom is -0.493 e. The first-order valence-electron chi connectivity index (χ1n) is 10.6. The number of benzene rings is 3. The molecule has 0 saturated carbocycles. The minimum absolute atomic E-state index is 0.00721. The molecule has 1 amide bonds. The van der Waals surface area contributed by atoms with Gasteiger partial charge >= 0.3 is 0 Å². The Balaban J connectivity index is 1.85. The number of nitrogens with one attached hydrogen (secondary N) is 2. The second-order valence-electron chi connectivity index (χ2n) is 7.56. The van der Waals surface area contributed by atoms with Crippen molar-refractivity contribution in [2.24, 2.45) is 0 Å². The quantitative estimate of drug-likeness (QED) is 0.322. The van der Waals surface area contributed by atoms with Gasteiger partial charge in [0.05, 0.1) is 35.3 Å². The lowest BCUT2D eigenvalue weighted by molar-refractivity contribution is -0.385. The zero-order chi connectivity index (χ0) is 25.8. The van der Waals surface area contributed by atoms with Gasteiger partial charge in [-0.25, -0.2) is 8.42 Å². The van der Waals surface area contributed by atoms with Gasteiger partial charge in [0.15, 0.2) is 11.5 Å². The largest absolute Gasteiger partial charge is 0.493 e. The summed E-state index contributed by atoms with van der Waals surface area (Å²) in [4.78, 5) is 23.7. The van der Waals surface area contributed by atoms with Gasteiger partial charge in [0.2, 0.25) is 0 Å². The molecule has 3 aromatic carbocycles. The molecule has 3 aromatic rings. The SMILES string of the molecule is CCOc1cc(C(=O)Nc2ccc(S(=O)(=O)Nc3c(C)cccc3C)cc2)c([N+](=O)[O-])cc1OC. The van der Waals surface area contributed by atoms with Crippen molar-refractivity contribution in [1.82, 2.24) is 0 Å². The number of nitro benzene ring substituents is 1. The van der Waals surface area contributed by atoms with Crippen LogP contribution in [0.4, 0.5) is 17.1 Å². The van der Waals surface area contributed by atoms with E-state index < -0.39 is 26.5 Å². The molecule has 0 aliphatic carbocycles. The smallest absolute Gasteiger partial charge is 0.286 e. The van der Waals surface area contributed by atoms with E-state index >= 15 is 0 Å². The summed E-state index contributed by atoms with van der Waals surface area (Å²) in [6.07, 6.45) is 0. The number of para-hydroxylation sites is 1. The van der Waals surface area contributed by atoms with Crippen molar-refractivity contribution in [2.45, 2.75) is 25.7 Å². The van der Waals surface area contributed by atoms with Crippen LogP contribution < -0.4 is 19.5 Å². The molecule has 2 N–H and O–H groups in total. The summed E-state index contributed by atoms with van der Waals surface area (Å²) in [6.45, 7) is 5.60. The van der Waals surface area contributed by atoms with Crippen LogP contribution in [0.15, 0.2) is 59.5 Å². The van der Waals surface area contributed by atoms with Crippen LogP contribution in [-0.2, 0) is 10.0 Å². The van der Waals surface area contributed by atoms with Crippen molar-refractivity contribution in [1.29, 1.82) is 0 Å². The van der Waals surface area contributed by atoms with Crippen LogP contribution in [-0.4, -0.2) is 33.0 Å². The van der Waals surface area contributed by atoms with Crippen LogP contribution in [0.2, 0.25) is 0 Å². The third kappa shape index (κ3) is 5.69. The molecule has 11 heteroatoms. The van der Waals surface area contributed by atoms with Gasteiger partial charge in [-0.15, -0.1) is 0 Å². The third-order valence-corrected chi connectivity index (χ3v) is 6.53. The van der Waals surface area contributed by atoms with Gasteiger partial charge in [-0.2, -0.15) is 0 Å². The van der Waals surface area contributed by atoms with Crippen LogP contribution in [0, 0.1) is 24.0 Å². The Morgan fingerprint density at radius 1 is 1.03 bits per heavy atom. The second kappa shape index (κ2) is 10.4. The van der Waals surface area contributed by atoms with Crippen molar-refractivity contribution in [3.63, 3.8) is 0 Å². The maximum atomic E-state index is 12.9. The highest BCUT2D eigenvalue weighted by Crippen LogP contribution is 2.35. The fourth-order valence-corrected chi connectivity index (χ4v) is 4.60. The van der Waals surface area contributed by atoms with Crippen LogP contribution in [0.5, 0.6) is 11.5 Å². The van der Waals surface area contributed by atoms with E-state index in [1.807, 2.05) is 6.07 Å². The molecule has 0 bridgehead atoms. The Bertz CT molecular complexity index is 1350. The summed E-state index contributed by atoms with van der Waals surface area (Å²) in [7, 11) is -2.54. The number of nitro groups is 1. The number of anilines is 2. The van der Waals surface area contributed by atoms with Crippen molar-refractivity contribution < 1.29 is 27.6 Å². The van der Waals surface area contributed by atoms with E-state index in [-0.39, 0.29) is 34.3 Å². The molecule has 184 valence electrons. The number of carbonyl (C=O) groups is 1. The summed E-state index contributed by atoms with van der Waals surface area (Å²) < 4.78 is 38.8. The molecule has 0 heterocycles. The molecule has 0 unspecified atom stereocenters. The van der Waals surface area contributed by atoms with Crippen LogP contribution in [0.3, 0.4) is 0 Å². The molecule has 10 nitrogen and oxygen atoms in total. The van der Waals surface area contributed by atoms with Gasteiger partial charge < -0.3 is 14.8 Å². The maximum absolute atomic E-state index is 12.9. The first kappa shape index (κ1) is 25.5. The highest BCUT2D eigenvalue weighted by molar-refractivity contribution is 7.92. The monoisotopic (exact) mass is 499 g/mol. The molecule has 3 rings (SSSR count). The molecular formula is C24H25N3O7S. The topological polar surface area (TPSA) is 137 Å². The van der Waals surface area contributed by atoms with Crippen molar-refractivity contribution in [3.05, 3.63) is 81.4 Å². The zero-order valence-electron chi connectivity index (χ0n) is 19.6. The Kier molecular flexibility index (Phi) is 7.60. The minimum atomic E-state index is -3.88. The highest BCUT2D eigenvalue weighted by atomic mass is 32.2. The molecule has 0 aromatic heterocycles. The standard InChI is InChI=1S/C24H25N3O7S/c1-5-34-22-13-19(20(27(29)30)14-21(22)33-4)24(28)25-17-9-11-18(12-10-17)35(31,32)26-23-15(2)7-6-8-16(23)3/h6-14,26H,5H2,1-4H3,(H,25,28). The van der Waals surface area contributed by atoms with E-state index in [0.29, 0.717) is 5.69 Å². The summed E-state index contributed by atoms with van der Waals surface area (Å²) in [5, 5.41) is 14.1. The van der Waals surface area contributed by atoms with Crippen molar-refractivity contribution >= 4 is 33.0 Å². The summed E-state index contributed by atoms with van der Waals surface area (Å²) >= 11 is 0. The van der Waals surface area contributed by atoms with Gasteiger partial charge in [-0.05, 0) is 56.2 Å². The summed E-state index contributed by atoms with van der Waals surface area (Å²) in [5.41, 5.74) is 1.63. The fourth-order valence-electron chi connectivity index (χ4n) is 3.39. The highest BCUT2D eigenvalue weighted by Gasteiger charge is 2.25. The van der Waals surface area contributed by atoms with Crippen molar-refractivity contribution in [3.8, 4) is 11.5 Å². The van der Waals surface area contributed by atoms with Crippen molar-refractivity contribution in [2.75, 3.05) is 23.8 Å². The number of hydrogen-bond acceptors (Lipinski definition) is 7. The average molecular weight is 500 g/mol. The lowest BCUT2D eigenvalue weighted by Crippen LogP contribution is -2.16. The fraction of sp³-hybridized carbons (Fsp3) is 0.208. The van der Waals surface area contributed by atoms with E-state index in [1.165, 1.54) is 37.4 Å². The lowest BCUT2D eigenvalue weighted by Gasteiger charge is -2.14. The summed E-state index contributed by atoms with van der Waals surface area (Å²) in [6, 6.07) is 13.3. The molecule has 0 saturated heterocycles. The molecular weight excluding hydrogens is 474 g/mol. The van der Waals surface area contributed by atoms with E-state index in [9.17, 15) is 23.3 Å². The lowest BCUT2D eigenvalue weighted by atomic mass is 10.1. The van der Waals surface area contributed by atoms with Crippen LogP contribution >= 0.6 is 0 Å². The van der Waals surface area contributed by atoms with E-state index in [2.05, 4.69) is 10.0 Å². The molecule has 0 radical (unpaired) electrons. The normalized spacial score (nSPS) is 11.0. The molecule has 0 aliphatic rings. The number of ether oxygens (including phenoxy) is 2. The van der Waals surface area contributed by atoms with Gasteiger partial charge in [0.1, 0.15) is 5.56 Å². The van der Waals surface area contributed by atoms with Crippen LogP contribution in [0.1, 0.15) is 28.4 Å². The van der Waals surface area contributed by atoms with E-state index in [0.717, 1.165) is 17.2 Å². The number of rotatable bonds is 9. The van der Waals surface area contributed by atoms with Gasteiger partial charge in [-0.3, -0.25) is 19.6 Å². The predicted molar refractivity (Wildman–Crippen MR) is 132 cm³/mol. The molecule has 0 aliphatic heterocycles. The Morgan fingerprint density at radius 2 is 1.66 bits per heavy atom. The number of carbonyl (C=O) groups excluding carboxylic acids is 1. The van der Waals surface area contributed by atoms with E-state index in [1.54, 1.807) is 32.9 Å².